The molecule has 2 aromatic heterocycles. The smallest absolute Gasteiger partial charge is 0.193 e. The second kappa shape index (κ2) is 8.87. The molecule has 28 heavy (non-hydrogen) atoms. The van der Waals surface area contributed by atoms with Gasteiger partial charge in [-0.3, -0.25) is 4.57 Å². The van der Waals surface area contributed by atoms with E-state index in [1.807, 2.05) is 47.8 Å². The standard InChI is InChI=1S/C22H18N4S2/c23-15-19(14-17-8-3-1-4-9-17)28-22-25-24-21(20-12-7-13-27-20)26(22)16-18-10-5-2-6-11-18/h1-13,19H,14,16H2/t19-/m1/s1. The van der Waals surface area contributed by atoms with E-state index in [1.54, 1.807) is 11.3 Å². The Morgan fingerprint density at radius 3 is 2.29 bits per heavy atom. The Hall–Kier alpha value is -2.88. The average Bonchev–Trinajstić information content (AvgIpc) is 3.39. The third-order valence-corrected chi connectivity index (χ3v) is 6.23. The molecule has 0 aliphatic rings. The van der Waals surface area contributed by atoms with Crippen LogP contribution in [-0.2, 0) is 13.0 Å². The van der Waals surface area contributed by atoms with Crippen LogP contribution in [0, 0.1) is 11.3 Å². The second-order valence-electron chi connectivity index (χ2n) is 6.28. The molecule has 0 unspecified atom stereocenters. The number of thioether (sulfide) groups is 1. The minimum Gasteiger partial charge on any atom is -0.297 e. The van der Waals surface area contributed by atoms with Crippen molar-refractivity contribution >= 4 is 23.1 Å². The van der Waals surface area contributed by atoms with Crippen LogP contribution >= 0.6 is 23.1 Å². The first kappa shape index (κ1) is 18.5. The number of aromatic nitrogens is 3. The van der Waals surface area contributed by atoms with Gasteiger partial charge < -0.3 is 0 Å². The van der Waals surface area contributed by atoms with Crippen molar-refractivity contribution < 1.29 is 0 Å². The highest BCUT2D eigenvalue weighted by atomic mass is 32.2. The van der Waals surface area contributed by atoms with E-state index in [0.29, 0.717) is 13.0 Å². The van der Waals surface area contributed by atoms with E-state index >= 15 is 0 Å². The fourth-order valence-corrected chi connectivity index (χ4v) is 4.61. The number of nitriles is 1. The number of hydrogen-bond acceptors (Lipinski definition) is 5. The zero-order valence-electron chi connectivity index (χ0n) is 15.1. The summed E-state index contributed by atoms with van der Waals surface area (Å²) in [5.41, 5.74) is 2.33. The summed E-state index contributed by atoms with van der Waals surface area (Å²) in [6.45, 7) is 0.674. The van der Waals surface area contributed by atoms with E-state index in [2.05, 4.69) is 51.2 Å². The van der Waals surface area contributed by atoms with Crippen LogP contribution in [-0.4, -0.2) is 20.0 Å². The van der Waals surface area contributed by atoms with E-state index in [1.165, 1.54) is 17.3 Å². The zero-order chi connectivity index (χ0) is 19.2. The third kappa shape index (κ3) is 4.33. The Morgan fingerprint density at radius 2 is 1.64 bits per heavy atom. The van der Waals surface area contributed by atoms with Crippen LogP contribution in [0.4, 0.5) is 0 Å². The van der Waals surface area contributed by atoms with Crippen molar-refractivity contribution in [3.63, 3.8) is 0 Å². The largest absolute Gasteiger partial charge is 0.297 e. The molecule has 4 rings (SSSR count). The van der Waals surface area contributed by atoms with Crippen molar-refractivity contribution in [3.8, 4) is 16.8 Å². The molecule has 0 spiro atoms. The van der Waals surface area contributed by atoms with Gasteiger partial charge in [-0.25, -0.2) is 0 Å². The summed E-state index contributed by atoms with van der Waals surface area (Å²) in [5.74, 6) is 0.845. The molecule has 6 heteroatoms. The van der Waals surface area contributed by atoms with Crippen molar-refractivity contribution in [1.29, 1.82) is 5.26 Å². The lowest BCUT2D eigenvalue weighted by Gasteiger charge is -2.12. The van der Waals surface area contributed by atoms with Gasteiger partial charge in [0, 0.05) is 0 Å². The first-order chi connectivity index (χ1) is 13.8. The molecule has 138 valence electrons. The summed E-state index contributed by atoms with van der Waals surface area (Å²) in [5, 5.41) is 21.2. The SMILES string of the molecule is N#C[C@@H](Cc1ccccc1)Sc1nnc(-c2cccs2)n1Cc1ccccc1. The number of nitrogens with zero attached hydrogens (tertiary/aromatic N) is 4. The van der Waals surface area contributed by atoms with Gasteiger partial charge in [0.25, 0.3) is 0 Å². The van der Waals surface area contributed by atoms with Gasteiger partial charge >= 0.3 is 0 Å². The molecular weight excluding hydrogens is 384 g/mol. The average molecular weight is 403 g/mol. The summed E-state index contributed by atoms with van der Waals surface area (Å²) in [4.78, 5) is 1.08. The van der Waals surface area contributed by atoms with E-state index in [0.717, 1.165) is 21.4 Å². The topological polar surface area (TPSA) is 54.5 Å². The van der Waals surface area contributed by atoms with Crippen LogP contribution in [0.3, 0.4) is 0 Å². The summed E-state index contributed by atoms with van der Waals surface area (Å²) >= 11 is 3.12. The minimum absolute atomic E-state index is 0.225. The maximum atomic E-state index is 9.69. The van der Waals surface area contributed by atoms with Crippen molar-refractivity contribution in [2.45, 2.75) is 23.4 Å². The molecule has 2 heterocycles. The molecule has 1 atom stereocenters. The maximum absolute atomic E-state index is 9.69. The van der Waals surface area contributed by atoms with E-state index in [9.17, 15) is 5.26 Å². The molecular formula is C22H18N4S2. The summed E-state index contributed by atoms with van der Waals surface area (Å²) < 4.78 is 2.11. The number of benzene rings is 2. The summed E-state index contributed by atoms with van der Waals surface area (Å²) in [7, 11) is 0. The highest BCUT2D eigenvalue weighted by molar-refractivity contribution is 8.00. The second-order valence-corrected chi connectivity index (χ2v) is 8.40. The van der Waals surface area contributed by atoms with Crippen LogP contribution < -0.4 is 0 Å². The Labute approximate surface area is 172 Å². The monoisotopic (exact) mass is 402 g/mol. The first-order valence-electron chi connectivity index (χ1n) is 8.94. The van der Waals surface area contributed by atoms with Crippen molar-refractivity contribution in [2.75, 3.05) is 0 Å². The normalized spacial score (nSPS) is 11.8. The quantitative estimate of drug-likeness (QED) is 0.395. The predicted molar refractivity (Wildman–Crippen MR) is 114 cm³/mol. The lowest BCUT2D eigenvalue weighted by Crippen LogP contribution is -2.08. The summed E-state index contributed by atoms with van der Waals surface area (Å²) in [6.07, 6.45) is 0.675. The summed E-state index contributed by atoms with van der Waals surface area (Å²) in [6, 6.07) is 26.8. The predicted octanol–water partition coefficient (Wildman–Crippen LogP) is 5.28. The third-order valence-electron chi connectivity index (χ3n) is 4.30. The molecule has 2 aromatic carbocycles. The fraction of sp³-hybridized carbons (Fsp3) is 0.136. The lowest BCUT2D eigenvalue weighted by atomic mass is 10.1. The molecule has 0 N–H and O–H groups in total. The molecule has 0 amide bonds. The Bertz CT molecular complexity index is 1050. The van der Waals surface area contributed by atoms with E-state index in [4.69, 9.17) is 0 Å². The van der Waals surface area contributed by atoms with Crippen LogP contribution in [0.2, 0.25) is 0 Å². The maximum Gasteiger partial charge on any atom is 0.193 e. The number of hydrogen-bond donors (Lipinski definition) is 0. The molecule has 0 aliphatic carbocycles. The van der Waals surface area contributed by atoms with Gasteiger partial charge in [0.1, 0.15) is 5.25 Å². The molecule has 0 bridgehead atoms. The van der Waals surface area contributed by atoms with Gasteiger partial charge in [-0.15, -0.1) is 21.5 Å². The zero-order valence-corrected chi connectivity index (χ0v) is 16.7. The highest BCUT2D eigenvalue weighted by Crippen LogP contribution is 2.30. The molecule has 0 saturated carbocycles. The number of thiophene rings is 1. The van der Waals surface area contributed by atoms with Crippen LogP contribution in [0.1, 0.15) is 11.1 Å². The Kier molecular flexibility index (Phi) is 5.86. The first-order valence-corrected chi connectivity index (χ1v) is 10.7. The molecule has 4 aromatic rings. The molecule has 0 radical (unpaired) electrons. The van der Waals surface area contributed by atoms with E-state index in [-0.39, 0.29) is 5.25 Å². The van der Waals surface area contributed by atoms with Gasteiger partial charge in [0.15, 0.2) is 11.0 Å². The van der Waals surface area contributed by atoms with Crippen molar-refractivity contribution in [3.05, 3.63) is 89.3 Å². The van der Waals surface area contributed by atoms with Gasteiger partial charge in [-0.2, -0.15) is 5.26 Å². The molecule has 0 aliphatic heterocycles. The van der Waals surface area contributed by atoms with Gasteiger partial charge in [-0.05, 0) is 29.0 Å². The highest BCUT2D eigenvalue weighted by Gasteiger charge is 2.20. The lowest BCUT2D eigenvalue weighted by molar-refractivity contribution is 0.714. The van der Waals surface area contributed by atoms with Crippen LogP contribution in [0.5, 0.6) is 0 Å². The number of rotatable bonds is 7. The molecule has 0 fully saturated rings. The van der Waals surface area contributed by atoms with Crippen molar-refractivity contribution in [2.24, 2.45) is 0 Å². The molecule has 4 nitrogen and oxygen atoms in total. The Balaban J connectivity index is 1.63. The van der Waals surface area contributed by atoms with Gasteiger partial charge in [0.2, 0.25) is 0 Å². The van der Waals surface area contributed by atoms with Crippen molar-refractivity contribution in [1.82, 2.24) is 14.8 Å². The van der Waals surface area contributed by atoms with Gasteiger partial charge in [0.05, 0.1) is 17.5 Å². The molecule has 0 saturated heterocycles. The van der Waals surface area contributed by atoms with Crippen LogP contribution in [0.25, 0.3) is 10.7 Å². The minimum atomic E-state index is -0.225. The van der Waals surface area contributed by atoms with E-state index < -0.39 is 0 Å². The van der Waals surface area contributed by atoms with Crippen LogP contribution in [0.15, 0.2) is 83.3 Å². The fourth-order valence-electron chi connectivity index (χ4n) is 2.94. The Morgan fingerprint density at radius 1 is 0.929 bits per heavy atom. The van der Waals surface area contributed by atoms with Gasteiger partial charge in [-0.1, -0.05) is 78.5 Å².